The van der Waals surface area contributed by atoms with Gasteiger partial charge in [0.1, 0.15) is 0 Å². The minimum atomic E-state index is -0.0470. The van der Waals surface area contributed by atoms with Crippen molar-refractivity contribution in [3.8, 4) is 11.5 Å². The highest BCUT2D eigenvalue weighted by Gasteiger charge is 2.50. The number of nitrogens with one attached hydrogen (secondary N) is 1. The first kappa shape index (κ1) is 16.5. The first-order valence-corrected chi connectivity index (χ1v) is 8.69. The zero-order valence-corrected chi connectivity index (χ0v) is 14.8. The van der Waals surface area contributed by atoms with Gasteiger partial charge in [-0.3, -0.25) is 4.90 Å². The number of amides is 2. The van der Waals surface area contributed by atoms with Crippen molar-refractivity contribution < 1.29 is 19.0 Å². The van der Waals surface area contributed by atoms with Gasteiger partial charge in [-0.15, -0.1) is 0 Å². The Morgan fingerprint density at radius 1 is 1.36 bits per heavy atom. The number of carbonyl (C=O) groups excluding carboxylic acids is 1. The monoisotopic (exact) mass is 347 g/mol. The van der Waals surface area contributed by atoms with Crippen molar-refractivity contribution in [1.29, 1.82) is 0 Å². The average Bonchev–Trinajstić information content (AvgIpc) is 3.25. The van der Waals surface area contributed by atoms with Crippen LogP contribution in [0.3, 0.4) is 0 Å². The number of hydrogen-bond donors (Lipinski definition) is 1. The van der Waals surface area contributed by atoms with Crippen LogP contribution in [0, 0.1) is 11.3 Å². The van der Waals surface area contributed by atoms with E-state index in [1.807, 2.05) is 6.07 Å². The van der Waals surface area contributed by atoms with Gasteiger partial charge in [-0.25, -0.2) is 4.79 Å². The molecule has 7 heteroatoms. The second-order valence-corrected chi connectivity index (χ2v) is 7.48. The number of ether oxygens (including phenoxy) is 3. The number of urea groups is 1. The van der Waals surface area contributed by atoms with Crippen LogP contribution in [0.4, 0.5) is 4.79 Å². The smallest absolute Gasteiger partial charge is 0.316 e. The quantitative estimate of drug-likeness (QED) is 0.885. The van der Waals surface area contributed by atoms with Gasteiger partial charge in [0, 0.05) is 51.6 Å². The molecule has 25 heavy (non-hydrogen) atoms. The van der Waals surface area contributed by atoms with Crippen LogP contribution >= 0.6 is 0 Å². The van der Waals surface area contributed by atoms with Crippen LogP contribution in [0.25, 0.3) is 0 Å². The Morgan fingerprint density at radius 2 is 2.20 bits per heavy atom. The Hall–Kier alpha value is -1.99. The summed E-state index contributed by atoms with van der Waals surface area (Å²) in [4.78, 5) is 15.9. The van der Waals surface area contributed by atoms with Gasteiger partial charge in [0.15, 0.2) is 11.5 Å². The van der Waals surface area contributed by atoms with Crippen molar-refractivity contribution in [3.05, 3.63) is 23.8 Å². The first-order valence-electron chi connectivity index (χ1n) is 8.69. The van der Waals surface area contributed by atoms with Crippen LogP contribution < -0.4 is 14.8 Å². The third-order valence-electron chi connectivity index (χ3n) is 5.43. The molecule has 0 spiro atoms. The molecule has 3 aliphatic heterocycles. The number of fused-ring (bicyclic) bond motifs is 2. The Bertz CT molecular complexity index is 666. The van der Waals surface area contributed by atoms with Crippen LogP contribution in [0.2, 0.25) is 0 Å². The molecule has 2 saturated heterocycles. The summed E-state index contributed by atoms with van der Waals surface area (Å²) in [6.45, 7) is 5.24. The van der Waals surface area contributed by atoms with Crippen molar-refractivity contribution in [3.63, 3.8) is 0 Å². The summed E-state index contributed by atoms with van der Waals surface area (Å²) < 4.78 is 16.6. The molecule has 2 fully saturated rings. The maximum absolute atomic E-state index is 11.9. The lowest BCUT2D eigenvalue weighted by molar-refractivity contribution is 0.125. The molecule has 7 nitrogen and oxygen atoms in total. The molecule has 2 atom stereocenters. The van der Waals surface area contributed by atoms with E-state index in [0.29, 0.717) is 25.9 Å². The summed E-state index contributed by atoms with van der Waals surface area (Å²) in [5.41, 5.74) is 1.24. The van der Waals surface area contributed by atoms with Gasteiger partial charge in [-0.1, -0.05) is 6.07 Å². The Kier molecular flexibility index (Phi) is 4.21. The summed E-state index contributed by atoms with van der Waals surface area (Å²) in [5, 5.41) is 3.05. The number of benzene rings is 1. The van der Waals surface area contributed by atoms with Crippen molar-refractivity contribution in [2.75, 3.05) is 53.7 Å². The predicted molar refractivity (Wildman–Crippen MR) is 91.7 cm³/mol. The van der Waals surface area contributed by atoms with Crippen LogP contribution in [0.5, 0.6) is 11.5 Å². The molecule has 3 heterocycles. The number of hydrogen-bond acceptors (Lipinski definition) is 5. The predicted octanol–water partition coefficient (Wildman–Crippen LogP) is 1.13. The van der Waals surface area contributed by atoms with E-state index in [-0.39, 0.29) is 11.4 Å². The molecule has 2 amide bonds. The van der Waals surface area contributed by atoms with E-state index >= 15 is 0 Å². The van der Waals surface area contributed by atoms with Gasteiger partial charge < -0.3 is 24.4 Å². The third-order valence-corrected chi connectivity index (χ3v) is 5.43. The van der Waals surface area contributed by atoms with Gasteiger partial charge in [-0.2, -0.15) is 0 Å². The fourth-order valence-electron chi connectivity index (χ4n) is 4.02. The second-order valence-electron chi connectivity index (χ2n) is 7.48. The molecular weight excluding hydrogens is 322 g/mol. The van der Waals surface area contributed by atoms with Crippen LogP contribution in [-0.2, 0) is 11.3 Å². The summed E-state index contributed by atoms with van der Waals surface area (Å²) in [7, 11) is 3.52. The third kappa shape index (κ3) is 3.14. The fourth-order valence-corrected chi connectivity index (χ4v) is 4.02. The van der Waals surface area contributed by atoms with E-state index in [9.17, 15) is 4.79 Å². The average molecular weight is 347 g/mol. The van der Waals surface area contributed by atoms with Crippen molar-refractivity contribution in [2.45, 2.75) is 6.54 Å². The number of carbonyl (C=O) groups is 1. The van der Waals surface area contributed by atoms with E-state index in [1.54, 1.807) is 19.0 Å². The molecule has 3 aliphatic rings. The van der Waals surface area contributed by atoms with E-state index in [0.717, 1.165) is 37.7 Å². The normalized spacial score (nSPS) is 27.4. The van der Waals surface area contributed by atoms with Crippen molar-refractivity contribution in [2.24, 2.45) is 11.3 Å². The lowest BCUT2D eigenvalue weighted by Gasteiger charge is -2.28. The van der Waals surface area contributed by atoms with Crippen LogP contribution in [0.15, 0.2) is 18.2 Å². The first-order chi connectivity index (χ1) is 12.1. The lowest BCUT2D eigenvalue weighted by Crippen LogP contribution is -2.45. The van der Waals surface area contributed by atoms with E-state index in [2.05, 4.69) is 22.3 Å². The highest BCUT2D eigenvalue weighted by Crippen LogP contribution is 2.42. The van der Waals surface area contributed by atoms with Crippen LogP contribution in [-0.4, -0.2) is 69.6 Å². The number of nitrogens with zero attached hydrogens (tertiary/aromatic N) is 2. The molecule has 1 aromatic rings. The summed E-state index contributed by atoms with van der Waals surface area (Å²) in [6.07, 6.45) is 0. The molecule has 0 saturated carbocycles. The molecule has 0 aliphatic carbocycles. The SMILES string of the molecule is CN(C)C(=O)NC[C@@]12COC[C@@H]1CN(Cc1ccc3c(c1)OCO3)C2. The molecule has 1 N–H and O–H groups in total. The largest absolute Gasteiger partial charge is 0.454 e. The highest BCUT2D eigenvalue weighted by atomic mass is 16.7. The van der Waals surface area contributed by atoms with Gasteiger partial charge in [0.25, 0.3) is 0 Å². The van der Waals surface area contributed by atoms with Crippen molar-refractivity contribution in [1.82, 2.24) is 15.1 Å². The molecule has 0 unspecified atom stereocenters. The summed E-state index contributed by atoms with van der Waals surface area (Å²) in [6, 6.07) is 6.09. The Labute approximate surface area is 147 Å². The molecule has 0 radical (unpaired) electrons. The van der Waals surface area contributed by atoms with E-state index in [4.69, 9.17) is 14.2 Å². The summed E-state index contributed by atoms with van der Waals surface area (Å²) >= 11 is 0. The minimum absolute atomic E-state index is 0.0159. The fraction of sp³-hybridized carbons (Fsp3) is 0.611. The topological polar surface area (TPSA) is 63.3 Å². The minimum Gasteiger partial charge on any atom is -0.454 e. The van der Waals surface area contributed by atoms with E-state index < -0.39 is 0 Å². The number of likely N-dealkylation sites (tertiary alicyclic amines) is 1. The molecule has 0 bridgehead atoms. The van der Waals surface area contributed by atoms with E-state index in [1.165, 1.54) is 5.56 Å². The lowest BCUT2D eigenvalue weighted by atomic mass is 9.81. The van der Waals surface area contributed by atoms with Crippen molar-refractivity contribution >= 4 is 6.03 Å². The van der Waals surface area contributed by atoms with Gasteiger partial charge in [-0.05, 0) is 17.7 Å². The van der Waals surface area contributed by atoms with Gasteiger partial charge >= 0.3 is 6.03 Å². The molecule has 1 aromatic carbocycles. The zero-order valence-electron chi connectivity index (χ0n) is 14.8. The Morgan fingerprint density at radius 3 is 3.04 bits per heavy atom. The van der Waals surface area contributed by atoms with Crippen LogP contribution in [0.1, 0.15) is 5.56 Å². The molecule has 136 valence electrons. The summed E-state index contributed by atoms with van der Waals surface area (Å²) in [5.74, 6) is 2.11. The molecular formula is C18H25N3O4. The highest BCUT2D eigenvalue weighted by molar-refractivity contribution is 5.73. The molecule has 0 aromatic heterocycles. The Balaban J connectivity index is 1.41. The van der Waals surface area contributed by atoms with Gasteiger partial charge in [0.05, 0.1) is 13.2 Å². The zero-order chi connectivity index (χ0) is 17.4. The standard InChI is InChI=1S/C18H25N3O4/c1-20(2)17(22)19-9-18-10-21(7-14(18)8-23-11-18)6-13-3-4-15-16(5-13)25-12-24-15/h3-5,14H,6-12H2,1-2H3,(H,19,22)/t14-,18+/m0/s1. The van der Waals surface area contributed by atoms with Gasteiger partial charge in [0.2, 0.25) is 6.79 Å². The second kappa shape index (κ2) is 6.38. The molecule has 4 rings (SSSR count). The number of rotatable bonds is 4. The maximum Gasteiger partial charge on any atom is 0.316 e. The maximum atomic E-state index is 11.9.